The minimum Gasteiger partial charge on any atom is -0.494 e. The van der Waals surface area contributed by atoms with Crippen molar-refractivity contribution in [2.75, 3.05) is 50.1 Å². The smallest absolute Gasteiger partial charge is 0.416 e. The molecule has 0 bridgehead atoms. The van der Waals surface area contributed by atoms with Crippen LogP contribution in [-0.2, 0) is 6.18 Å². The van der Waals surface area contributed by atoms with Gasteiger partial charge >= 0.3 is 6.18 Å². The first-order chi connectivity index (χ1) is 13.8. The van der Waals surface area contributed by atoms with E-state index in [1.807, 2.05) is 18.9 Å². The van der Waals surface area contributed by atoms with Gasteiger partial charge in [0.1, 0.15) is 5.75 Å². The number of alkyl halides is 3. The molecule has 2 aromatic rings. The van der Waals surface area contributed by atoms with E-state index in [4.69, 9.17) is 4.74 Å². The average molecular weight is 407 g/mol. The molecule has 1 N–H and O–H groups in total. The number of carbonyl (C=O) groups is 1. The van der Waals surface area contributed by atoms with Crippen LogP contribution in [0.2, 0.25) is 0 Å². The highest BCUT2D eigenvalue weighted by Gasteiger charge is 2.32. The molecule has 2 aromatic carbocycles. The lowest BCUT2D eigenvalue weighted by Gasteiger charge is -2.35. The Kier molecular flexibility index (Phi) is 6.32. The van der Waals surface area contributed by atoms with Crippen LogP contribution in [0.3, 0.4) is 0 Å². The van der Waals surface area contributed by atoms with Gasteiger partial charge < -0.3 is 19.9 Å². The number of likely N-dealkylation sites (N-methyl/N-ethyl adjacent to an activating group) is 1. The van der Waals surface area contributed by atoms with Crippen LogP contribution in [0, 0.1) is 0 Å². The highest BCUT2D eigenvalue weighted by molar-refractivity contribution is 6.06. The molecule has 1 saturated heterocycles. The molecule has 8 heteroatoms. The fourth-order valence-electron chi connectivity index (χ4n) is 3.22. The minimum atomic E-state index is -4.49. The molecule has 1 aliphatic heterocycles. The number of nitrogens with zero attached hydrogens (tertiary/aromatic N) is 2. The van der Waals surface area contributed by atoms with Crippen molar-refractivity contribution >= 4 is 17.3 Å². The summed E-state index contributed by atoms with van der Waals surface area (Å²) in [5, 5.41) is 2.67. The molecule has 0 unspecified atom stereocenters. The van der Waals surface area contributed by atoms with E-state index in [1.165, 1.54) is 6.07 Å². The summed E-state index contributed by atoms with van der Waals surface area (Å²) in [6.07, 6.45) is -4.49. The first-order valence-electron chi connectivity index (χ1n) is 9.47. The molecule has 0 spiro atoms. The number of halogens is 3. The summed E-state index contributed by atoms with van der Waals surface area (Å²) in [4.78, 5) is 16.9. The van der Waals surface area contributed by atoms with Crippen molar-refractivity contribution < 1.29 is 22.7 Å². The normalized spacial score (nSPS) is 15.3. The summed E-state index contributed by atoms with van der Waals surface area (Å²) in [5.41, 5.74) is 0.253. The molecule has 29 heavy (non-hydrogen) atoms. The summed E-state index contributed by atoms with van der Waals surface area (Å²) in [5.74, 6) is 0.0461. The Labute approximate surface area is 168 Å². The number of hydrogen-bond acceptors (Lipinski definition) is 4. The van der Waals surface area contributed by atoms with E-state index < -0.39 is 17.6 Å². The van der Waals surface area contributed by atoms with E-state index in [1.54, 1.807) is 24.3 Å². The van der Waals surface area contributed by atoms with Gasteiger partial charge in [-0.1, -0.05) is 6.07 Å². The molecule has 5 nitrogen and oxygen atoms in total. The molecule has 1 amide bonds. The van der Waals surface area contributed by atoms with Gasteiger partial charge in [0, 0.05) is 31.7 Å². The monoisotopic (exact) mass is 407 g/mol. The van der Waals surface area contributed by atoms with Crippen molar-refractivity contribution in [2.24, 2.45) is 0 Å². The van der Waals surface area contributed by atoms with Crippen molar-refractivity contribution in [1.29, 1.82) is 0 Å². The Hall–Kier alpha value is -2.74. The van der Waals surface area contributed by atoms with Gasteiger partial charge in [-0.3, -0.25) is 4.79 Å². The number of ether oxygens (including phenoxy) is 1. The second-order valence-electron chi connectivity index (χ2n) is 6.93. The summed E-state index contributed by atoms with van der Waals surface area (Å²) in [7, 11) is 2.00. The van der Waals surface area contributed by atoms with Gasteiger partial charge in [0.05, 0.1) is 23.5 Å². The summed E-state index contributed by atoms with van der Waals surface area (Å²) < 4.78 is 45.1. The first-order valence-corrected chi connectivity index (χ1v) is 9.47. The molecule has 1 aliphatic rings. The molecular weight excluding hydrogens is 383 g/mol. The number of piperazine rings is 1. The van der Waals surface area contributed by atoms with Crippen molar-refractivity contribution in [1.82, 2.24) is 4.90 Å². The van der Waals surface area contributed by atoms with Crippen LogP contribution in [0.1, 0.15) is 22.8 Å². The van der Waals surface area contributed by atoms with E-state index in [0.717, 1.165) is 25.2 Å². The lowest BCUT2D eigenvalue weighted by atomic mass is 10.1. The van der Waals surface area contributed by atoms with Gasteiger partial charge in [0.15, 0.2) is 0 Å². The molecule has 1 fully saturated rings. The number of hydrogen-bond donors (Lipinski definition) is 1. The quantitative estimate of drug-likeness (QED) is 0.810. The Morgan fingerprint density at radius 1 is 1.10 bits per heavy atom. The fraction of sp³-hybridized carbons (Fsp3) is 0.381. The maximum Gasteiger partial charge on any atom is 0.416 e. The average Bonchev–Trinajstić information content (AvgIpc) is 2.68. The van der Waals surface area contributed by atoms with Crippen molar-refractivity contribution in [2.45, 2.75) is 13.1 Å². The zero-order valence-corrected chi connectivity index (χ0v) is 16.4. The number of benzene rings is 2. The number of carbonyl (C=O) groups excluding carboxylic acids is 1. The van der Waals surface area contributed by atoms with Crippen LogP contribution in [0.25, 0.3) is 0 Å². The van der Waals surface area contributed by atoms with E-state index >= 15 is 0 Å². The molecule has 156 valence electrons. The third-order valence-corrected chi connectivity index (χ3v) is 4.82. The number of anilines is 2. The van der Waals surface area contributed by atoms with Crippen LogP contribution in [0.4, 0.5) is 24.5 Å². The van der Waals surface area contributed by atoms with Gasteiger partial charge in [-0.25, -0.2) is 0 Å². The van der Waals surface area contributed by atoms with Crippen LogP contribution in [0.15, 0.2) is 42.5 Å². The molecule has 1 heterocycles. The number of nitrogens with one attached hydrogen (secondary N) is 1. The summed E-state index contributed by atoms with van der Waals surface area (Å²) in [6, 6.07) is 10.0. The van der Waals surface area contributed by atoms with Crippen molar-refractivity contribution in [3.05, 3.63) is 53.6 Å². The second kappa shape index (κ2) is 8.73. The predicted octanol–water partition coefficient (Wildman–Crippen LogP) is 4.11. The Bertz CT molecular complexity index is 862. The van der Waals surface area contributed by atoms with Gasteiger partial charge in [0.25, 0.3) is 5.91 Å². The van der Waals surface area contributed by atoms with Crippen molar-refractivity contribution in [3.63, 3.8) is 0 Å². The fourth-order valence-corrected chi connectivity index (χ4v) is 3.22. The molecule has 0 aromatic heterocycles. The predicted molar refractivity (Wildman–Crippen MR) is 107 cm³/mol. The van der Waals surface area contributed by atoms with Gasteiger partial charge in [-0.2, -0.15) is 13.2 Å². The molecule has 0 aliphatic carbocycles. The van der Waals surface area contributed by atoms with E-state index in [9.17, 15) is 18.0 Å². The Balaban J connectivity index is 1.90. The first kappa shape index (κ1) is 21.0. The van der Waals surface area contributed by atoms with Crippen molar-refractivity contribution in [3.8, 4) is 5.75 Å². The highest BCUT2D eigenvalue weighted by atomic mass is 19.4. The standard InChI is InChI=1S/C21H24F3N3O2/c1-3-29-17-6-4-5-15(13-17)20(28)25-18-14-16(21(22,23)24)7-8-19(18)27-11-9-26(2)10-12-27/h4-8,13-14H,3,9-12H2,1-2H3,(H,25,28). The molecule has 3 rings (SSSR count). The zero-order valence-electron chi connectivity index (χ0n) is 16.4. The SMILES string of the molecule is CCOc1cccc(C(=O)Nc2cc(C(F)(F)F)ccc2N2CCN(C)CC2)c1. The van der Waals surface area contributed by atoms with E-state index in [0.29, 0.717) is 36.7 Å². The Morgan fingerprint density at radius 2 is 1.83 bits per heavy atom. The number of amides is 1. The lowest BCUT2D eigenvalue weighted by Crippen LogP contribution is -2.44. The third-order valence-electron chi connectivity index (χ3n) is 4.82. The highest BCUT2D eigenvalue weighted by Crippen LogP contribution is 2.36. The molecule has 0 radical (unpaired) electrons. The summed E-state index contributed by atoms with van der Waals surface area (Å²) >= 11 is 0. The lowest BCUT2D eigenvalue weighted by molar-refractivity contribution is -0.137. The van der Waals surface area contributed by atoms with Crippen LogP contribution in [-0.4, -0.2) is 50.6 Å². The van der Waals surface area contributed by atoms with E-state index in [2.05, 4.69) is 10.2 Å². The topological polar surface area (TPSA) is 44.8 Å². The summed E-state index contributed by atoms with van der Waals surface area (Å²) in [6.45, 7) is 5.22. The molecule has 0 atom stereocenters. The Morgan fingerprint density at radius 3 is 2.48 bits per heavy atom. The minimum absolute atomic E-state index is 0.149. The van der Waals surface area contributed by atoms with Crippen LogP contribution in [0.5, 0.6) is 5.75 Å². The second-order valence-corrected chi connectivity index (χ2v) is 6.93. The molecular formula is C21H24F3N3O2. The van der Waals surface area contributed by atoms with E-state index in [-0.39, 0.29) is 5.69 Å². The van der Waals surface area contributed by atoms with Gasteiger partial charge in [-0.15, -0.1) is 0 Å². The third kappa shape index (κ3) is 5.20. The molecule has 0 saturated carbocycles. The zero-order chi connectivity index (χ0) is 21.0. The van der Waals surface area contributed by atoms with Crippen LogP contribution >= 0.6 is 0 Å². The maximum atomic E-state index is 13.2. The van der Waals surface area contributed by atoms with Gasteiger partial charge in [0.2, 0.25) is 0 Å². The van der Waals surface area contributed by atoms with Gasteiger partial charge in [-0.05, 0) is 50.4 Å². The largest absolute Gasteiger partial charge is 0.494 e. The maximum absolute atomic E-state index is 13.2. The number of rotatable bonds is 5. The van der Waals surface area contributed by atoms with Crippen LogP contribution < -0.4 is 15.0 Å².